The highest BCUT2D eigenvalue weighted by Crippen LogP contribution is 2.24. The van der Waals surface area contributed by atoms with Crippen molar-refractivity contribution in [2.45, 2.75) is 13.3 Å². The summed E-state index contributed by atoms with van der Waals surface area (Å²) < 4.78 is 13.6. The van der Waals surface area contributed by atoms with Crippen molar-refractivity contribution in [3.8, 4) is 17.2 Å². The molecule has 0 aliphatic heterocycles. The maximum absolute atomic E-state index is 13.0. The third-order valence-corrected chi connectivity index (χ3v) is 6.35. The Morgan fingerprint density at radius 1 is 1.03 bits per heavy atom. The van der Waals surface area contributed by atoms with Crippen LogP contribution in [0.2, 0.25) is 0 Å². The fourth-order valence-electron chi connectivity index (χ4n) is 3.61. The van der Waals surface area contributed by atoms with E-state index < -0.39 is 0 Å². The standard InChI is InChI=1S/C25H25N5O5S/c1-15-22(24(33)30(29(15)2)18-8-6-5-7-9-18)27-21(31)12-17-14-36-25(26-17)28-23(32)16-10-19(34-3)13-20(11-16)35-4/h5-11,13-14H,12H2,1-4H3,(H,27,31)(H,26,28,32). The van der Waals surface area contributed by atoms with Crippen LogP contribution < -0.4 is 25.7 Å². The number of para-hydroxylation sites is 1. The van der Waals surface area contributed by atoms with Gasteiger partial charge in [-0.25, -0.2) is 9.67 Å². The molecule has 4 aromatic rings. The SMILES string of the molecule is COc1cc(OC)cc(C(=O)Nc2nc(CC(=O)Nc3c(C)n(C)n(-c4ccccc4)c3=O)cs2)c1. The van der Waals surface area contributed by atoms with Gasteiger partial charge in [-0.2, -0.15) is 0 Å². The van der Waals surface area contributed by atoms with Gasteiger partial charge in [0.2, 0.25) is 5.91 Å². The molecular weight excluding hydrogens is 482 g/mol. The molecule has 0 saturated heterocycles. The molecule has 4 rings (SSSR count). The number of methoxy groups -OCH3 is 2. The number of ether oxygens (including phenoxy) is 2. The third kappa shape index (κ3) is 5.15. The normalized spacial score (nSPS) is 10.7. The van der Waals surface area contributed by atoms with Crippen molar-refractivity contribution in [1.82, 2.24) is 14.3 Å². The van der Waals surface area contributed by atoms with Gasteiger partial charge in [-0.05, 0) is 31.2 Å². The smallest absolute Gasteiger partial charge is 0.295 e. The van der Waals surface area contributed by atoms with Crippen molar-refractivity contribution in [3.05, 3.63) is 81.2 Å². The molecule has 11 heteroatoms. The predicted octanol–water partition coefficient (Wildman–Crippen LogP) is 3.39. The summed E-state index contributed by atoms with van der Waals surface area (Å²) in [5, 5.41) is 7.46. The van der Waals surface area contributed by atoms with Gasteiger partial charge in [0.1, 0.15) is 17.2 Å². The molecule has 0 aliphatic carbocycles. The van der Waals surface area contributed by atoms with E-state index in [4.69, 9.17) is 9.47 Å². The zero-order chi connectivity index (χ0) is 25.8. The van der Waals surface area contributed by atoms with Crippen LogP contribution in [0.4, 0.5) is 10.8 Å². The maximum Gasteiger partial charge on any atom is 0.295 e. The lowest BCUT2D eigenvalue weighted by atomic mass is 10.2. The van der Waals surface area contributed by atoms with Crippen LogP contribution in [0, 0.1) is 6.92 Å². The van der Waals surface area contributed by atoms with E-state index in [0.717, 1.165) is 0 Å². The average molecular weight is 508 g/mol. The second-order valence-corrected chi connectivity index (χ2v) is 8.72. The molecule has 0 radical (unpaired) electrons. The van der Waals surface area contributed by atoms with Crippen LogP contribution in [0.5, 0.6) is 11.5 Å². The molecule has 0 unspecified atom stereocenters. The highest BCUT2D eigenvalue weighted by Gasteiger charge is 2.19. The second kappa shape index (κ2) is 10.5. The topological polar surface area (TPSA) is 116 Å². The predicted molar refractivity (Wildman–Crippen MR) is 138 cm³/mol. The van der Waals surface area contributed by atoms with Crippen LogP contribution in [0.25, 0.3) is 5.69 Å². The number of amides is 2. The maximum atomic E-state index is 13.0. The summed E-state index contributed by atoms with van der Waals surface area (Å²) in [6.07, 6.45) is -0.0571. The Labute approximate surface area is 211 Å². The molecule has 10 nitrogen and oxygen atoms in total. The number of hydrogen-bond acceptors (Lipinski definition) is 7. The number of carbonyl (C=O) groups is 2. The second-order valence-electron chi connectivity index (χ2n) is 7.86. The Morgan fingerprint density at radius 2 is 1.69 bits per heavy atom. The summed E-state index contributed by atoms with van der Waals surface area (Å²) in [6, 6.07) is 14.0. The van der Waals surface area contributed by atoms with Crippen molar-refractivity contribution in [1.29, 1.82) is 0 Å². The van der Waals surface area contributed by atoms with Gasteiger partial charge in [-0.15, -0.1) is 11.3 Å². The van der Waals surface area contributed by atoms with Crippen LogP contribution in [-0.2, 0) is 18.3 Å². The number of benzene rings is 2. The van der Waals surface area contributed by atoms with E-state index in [1.807, 2.05) is 30.3 Å². The van der Waals surface area contributed by atoms with Gasteiger partial charge in [0.05, 0.1) is 37.7 Å². The van der Waals surface area contributed by atoms with Gasteiger partial charge in [0.15, 0.2) is 5.13 Å². The highest BCUT2D eigenvalue weighted by atomic mass is 32.1. The van der Waals surface area contributed by atoms with E-state index in [1.165, 1.54) is 30.2 Å². The number of thiazole rings is 1. The first-order valence-electron chi connectivity index (χ1n) is 10.9. The van der Waals surface area contributed by atoms with E-state index in [1.54, 1.807) is 42.2 Å². The lowest BCUT2D eigenvalue weighted by molar-refractivity contribution is -0.115. The number of carbonyl (C=O) groups excluding carboxylic acids is 2. The van der Waals surface area contributed by atoms with Crippen molar-refractivity contribution < 1.29 is 19.1 Å². The van der Waals surface area contributed by atoms with Crippen LogP contribution in [0.15, 0.2) is 58.7 Å². The number of hydrogen-bond donors (Lipinski definition) is 2. The lowest BCUT2D eigenvalue weighted by Gasteiger charge is -2.08. The molecule has 2 aromatic carbocycles. The first-order valence-corrected chi connectivity index (χ1v) is 11.8. The Morgan fingerprint density at radius 3 is 2.33 bits per heavy atom. The summed E-state index contributed by atoms with van der Waals surface area (Å²) in [7, 11) is 4.76. The Bertz CT molecular complexity index is 1450. The van der Waals surface area contributed by atoms with E-state index in [2.05, 4.69) is 15.6 Å². The monoisotopic (exact) mass is 507 g/mol. The molecule has 0 atom stereocenters. The molecule has 0 saturated carbocycles. The number of nitrogens with zero attached hydrogens (tertiary/aromatic N) is 3. The molecule has 0 aliphatic rings. The molecule has 0 spiro atoms. The molecule has 2 aromatic heterocycles. The minimum Gasteiger partial charge on any atom is -0.497 e. The summed E-state index contributed by atoms with van der Waals surface area (Å²) in [6.45, 7) is 1.76. The average Bonchev–Trinajstić information content (AvgIpc) is 3.40. The molecule has 0 fully saturated rings. The van der Waals surface area contributed by atoms with Gasteiger partial charge in [0, 0.05) is 24.1 Å². The first kappa shape index (κ1) is 24.7. The van der Waals surface area contributed by atoms with Crippen LogP contribution in [0.1, 0.15) is 21.7 Å². The Balaban J connectivity index is 1.44. The number of nitrogens with one attached hydrogen (secondary N) is 2. The van der Waals surface area contributed by atoms with Gasteiger partial charge in [-0.3, -0.25) is 24.4 Å². The molecule has 186 valence electrons. The van der Waals surface area contributed by atoms with E-state index in [9.17, 15) is 14.4 Å². The fourth-order valence-corrected chi connectivity index (χ4v) is 4.32. The Kier molecular flexibility index (Phi) is 7.20. The highest BCUT2D eigenvalue weighted by molar-refractivity contribution is 7.14. The zero-order valence-electron chi connectivity index (χ0n) is 20.2. The zero-order valence-corrected chi connectivity index (χ0v) is 21.0. The quantitative estimate of drug-likeness (QED) is 0.378. The van der Waals surface area contributed by atoms with Crippen molar-refractivity contribution in [2.75, 3.05) is 24.9 Å². The number of anilines is 2. The fraction of sp³-hybridized carbons (Fsp3) is 0.200. The summed E-state index contributed by atoms with van der Waals surface area (Å²) in [4.78, 5) is 42.7. The van der Waals surface area contributed by atoms with E-state index in [-0.39, 0.29) is 29.5 Å². The molecular formula is C25H25N5O5S. The van der Waals surface area contributed by atoms with Gasteiger partial charge >= 0.3 is 0 Å². The molecule has 0 bridgehead atoms. The molecule has 36 heavy (non-hydrogen) atoms. The van der Waals surface area contributed by atoms with Gasteiger partial charge in [-0.1, -0.05) is 18.2 Å². The minimum absolute atomic E-state index is 0.0571. The van der Waals surface area contributed by atoms with Crippen molar-refractivity contribution in [3.63, 3.8) is 0 Å². The lowest BCUT2D eigenvalue weighted by Crippen LogP contribution is -2.23. The molecule has 2 N–H and O–H groups in total. The van der Waals surface area contributed by atoms with Crippen molar-refractivity contribution >= 4 is 34.0 Å². The van der Waals surface area contributed by atoms with E-state index in [0.29, 0.717) is 39.3 Å². The van der Waals surface area contributed by atoms with E-state index >= 15 is 0 Å². The van der Waals surface area contributed by atoms with Gasteiger partial charge in [0.25, 0.3) is 11.5 Å². The Hall–Kier alpha value is -4.38. The summed E-state index contributed by atoms with van der Waals surface area (Å²) in [5.74, 6) is 0.192. The summed E-state index contributed by atoms with van der Waals surface area (Å²) >= 11 is 1.20. The number of rotatable bonds is 8. The molecule has 2 heterocycles. The first-order chi connectivity index (χ1) is 17.3. The molecule has 2 amide bonds. The van der Waals surface area contributed by atoms with Gasteiger partial charge < -0.3 is 14.8 Å². The minimum atomic E-state index is -0.390. The van der Waals surface area contributed by atoms with Crippen molar-refractivity contribution in [2.24, 2.45) is 7.05 Å². The van der Waals surface area contributed by atoms with Crippen LogP contribution in [0.3, 0.4) is 0 Å². The van der Waals surface area contributed by atoms with Crippen LogP contribution >= 0.6 is 11.3 Å². The number of aromatic nitrogens is 3. The summed E-state index contributed by atoms with van der Waals surface area (Å²) in [5.41, 5.74) is 2.01. The third-order valence-electron chi connectivity index (χ3n) is 5.55. The van der Waals surface area contributed by atoms with Crippen LogP contribution in [-0.4, -0.2) is 40.4 Å². The largest absolute Gasteiger partial charge is 0.497 e.